The highest BCUT2D eigenvalue weighted by molar-refractivity contribution is 6.36. The zero-order valence-electron chi connectivity index (χ0n) is 10.6. The fourth-order valence-corrected chi connectivity index (χ4v) is 2.96. The van der Waals surface area contributed by atoms with Gasteiger partial charge in [0.1, 0.15) is 6.04 Å². The number of nitriles is 1. The highest BCUT2D eigenvalue weighted by Gasteiger charge is 2.38. The maximum absolute atomic E-state index is 12.3. The molecule has 1 aromatic rings. The van der Waals surface area contributed by atoms with Crippen LogP contribution in [0, 0.1) is 11.3 Å². The first-order valence-corrected chi connectivity index (χ1v) is 7.05. The summed E-state index contributed by atoms with van der Waals surface area (Å²) < 4.78 is 0. The number of carbonyl (C=O) groups is 1. The van der Waals surface area contributed by atoms with Crippen molar-refractivity contribution >= 4 is 29.1 Å². The van der Waals surface area contributed by atoms with Crippen molar-refractivity contribution in [2.24, 2.45) is 0 Å². The Balaban J connectivity index is 2.35. The van der Waals surface area contributed by atoms with E-state index in [4.69, 9.17) is 23.2 Å². The molecular weight excluding hydrogens is 283 g/mol. The quantitative estimate of drug-likeness (QED) is 0.782. The van der Waals surface area contributed by atoms with Crippen LogP contribution in [0.5, 0.6) is 0 Å². The molecule has 1 heterocycles. The van der Waals surface area contributed by atoms with Crippen LogP contribution in [0.15, 0.2) is 12.1 Å². The first kappa shape index (κ1) is 14.2. The Morgan fingerprint density at radius 3 is 2.74 bits per heavy atom. The summed E-state index contributed by atoms with van der Waals surface area (Å²) in [7, 11) is 0. The SMILES string of the molecule is CCCCCN1C(=O)c2cc(Cl)cc(Cl)c2C1C#N. The van der Waals surface area contributed by atoms with E-state index in [1.807, 2.05) is 0 Å². The van der Waals surface area contributed by atoms with Gasteiger partial charge in [0.05, 0.1) is 6.07 Å². The predicted octanol–water partition coefficient (Wildman–Crippen LogP) is 4.20. The first-order chi connectivity index (χ1) is 9.10. The van der Waals surface area contributed by atoms with E-state index in [9.17, 15) is 10.1 Å². The number of rotatable bonds is 4. The lowest BCUT2D eigenvalue weighted by molar-refractivity contribution is 0.0754. The molecule has 1 atom stereocenters. The highest BCUT2D eigenvalue weighted by Crippen LogP contribution is 2.39. The van der Waals surface area contributed by atoms with Gasteiger partial charge in [-0.2, -0.15) is 5.26 Å². The molecule has 0 aliphatic carbocycles. The second kappa shape index (κ2) is 5.81. The number of benzene rings is 1. The van der Waals surface area contributed by atoms with E-state index >= 15 is 0 Å². The van der Waals surface area contributed by atoms with Crippen molar-refractivity contribution in [1.29, 1.82) is 5.26 Å². The van der Waals surface area contributed by atoms with E-state index in [2.05, 4.69) is 13.0 Å². The lowest BCUT2D eigenvalue weighted by atomic mass is 10.1. The number of nitrogens with zero attached hydrogens (tertiary/aromatic N) is 2. The number of unbranched alkanes of at least 4 members (excludes halogenated alkanes) is 2. The lowest BCUT2D eigenvalue weighted by Gasteiger charge is -2.19. The van der Waals surface area contributed by atoms with Crippen LogP contribution in [-0.2, 0) is 0 Å². The summed E-state index contributed by atoms with van der Waals surface area (Å²) in [5.74, 6) is -0.151. The minimum Gasteiger partial charge on any atom is -0.318 e. The summed E-state index contributed by atoms with van der Waals surface area (Å²) in [6.45, 7) is 2.67. The van der Waals surface area contributed by atoms with Crippen LogP contribution in [-0.4, -0.2) is 17.4 Å². The van der Waals surface area contributed by atoms with Gasteiger partial charge < -0.3 is 4.90 Å². The van der Waals surface area contributed by atoms with E-state index in [0.29, 0.717) is 27.7 Å². The Morgan fingerprint density at radius 1 is 1.37 bits per heavy atom. The molecule has 0 spiro atoms. The number of halogens is 2. The zero-order valence-corrected chi connectivity index (χ0v) is 12.1. The normalized spacial score (nSPS) is 17.5. The maximum atomic E-state index is 12.3. The van der Waals surface area contributed by atoms with Crippen LogP contribution < -0.4 is 0 Å². The Kier molecular flexibility index (Phi) is 4.34. The van der Waals surface area contributed by atoms with Gasteiger partial charge in [0.15, 0.2) is 0 Å². The zero-order chi connectivity index (χ0) is 14.0. The third-order valence-corrected chi connectivity index (χ3v) is 3.83. The Hall–Kier alpha value is -1.24. The van der Waals surface area contributed by atoms with Crippen LogP contribution in [0.2, 0.25) is 10.0 Å². The summed E-state index contributed by atoms with van der Waals surface area (Å²) in [5.41, 5.74) is 1.05. The topological polar surface area (TPSA) is 44.1 Å². The summed E-state index contributed by atoms with van der Waals surface area (Å²) in [6, 6.07) is 4.74. The molecule has 1 unspecified atom stereocenters. The molecular formula is C14H14Cl2N2O. The minimum absolute atomic E-state index is 0.151. The molecule has 0 N–H and O–H groups in total. The molecule has 1 aliphatic heterocycles. The maximum Gasteiger partial charge on any atom is 0.255 e. The smallest absolute Gasteiger partial charge is 0.255 e. The molecule has 0 aromatic heterocycles. The van der Waals surface area contributed by atoms with Gasteiger partial charge in [-0.05, 0) is 18.6 Å². The van der Waals surface area contributed by atoms with Crippen molar-refractivity contribution in [3.8, 4) is 6.07 Å². The van der Waals surface area contributed by atoms with Crippen molar-refractivity contribution in [3.63, 3.8) is 0 Å². The van der Waals surface area contributed by atoms with Gasteiger partial charge in [-0.15, -0.1) is 0 Å². The van der Waals surface area contributed by atoms with Crippen LogP contribution in [0.1, 0.15) is 48.1 Å². The van der Waals surface area contributed by atoms with Gasteiger partial charge in [0, 0.05) is 27.7 Å². The fraction of sp³-hybridized carbons (Fsp3) is 0.429. The van der Waals surface area contributed by atoms with Crippen molar-refractivity contribution in [3.05, 3.63) is 33.3 Å². The largest absolute Gasteiger partial charge is 0.318 e. The van der Waals surface area contributed by atoms with Gasteiger partial charge in [-0.3, -0.25) is 4.79 Å². The monoisotopic (exact) mass is 296 g/mol. The van der Waals surface area contributed by atoms with E-state index in [-0.39, 0.29) is 5.91 Å². The molecule has 2 rings (SSSR count). The Labute approximate surface area is 122 Å². The number of hydrogen-bond acceptors (Lipinski definition) is 2. The second-order valence-electron chi connectivity index (χ2n) is 4.59. The number of carbonyl (C=O) groups excluding carboxylic acids is 1. The highest BCUT2D eigenvalue weighted by atomic mass is 35.5. The van der Waals surface area contributed by atoms with E-state index in [1.54, 1.807) is 17.0 Å². The molecule has 1 aliphatic rings. The summed E-state index contributed by atoms with van der Waals surface area (Å²) in [6.07, 6.45) is 2.99. The number of amides is 1. The molecule has 3 nitrogen and oxygen atoms in total. The van der Waals surface area contributed by atoms with Crippen LogP contribution in [0.3, 0.4) is 0 Å². The lowest BCUT2D eigenvalue weighted by Crippen LogP contribution is -2.28. The third-order valence-electron chi connectivity index (χ3n) is 3.30. The Bertz CT molecular complexity index is 551. The second-order valence-corrected chi connectivity index (χ2v) is 5.43. The Morgan fingerprint density at radius 2 is 2.11 bits per heavy atom. The summed E-state index contributed by atoms with van der Waals surface area (Å²) in [5, 5.41) is 10.1. The molecule has 5 heteroatoms. The first-order valence-electron chi connectivity index (χ1n) is 6.29. The van der Waals surface area contributed by atoms with Crippen molar-refractivity contribution in [2.75, 3.05) is 6.54 Å². The number of hydrogen-bond donors (Lipinski definition) is 0. The van der Waals surface area contributed by atoms with Crippen LogP contribution in [0.25, 0.3) is 0 Å². The molecule has 0 radical (unpaired) electrons. The van der Waals surface area contributed by atoms with Crippen molar-refractivity contribution in [2.45, 2.75) is 32.2 Å². The third kappa shape index (κ3) is 2.56. The van der Waals surface area contributed by atoms with Gasteiger partial charge in [-0.1, -0.05) is 43.0 Å². The molecule has 0 saturated carbocycles. The van der Waals surface area contributed by atoms with Crippen LogP contribution >= 0.6 is 23.2 Å². The molecule has 19 heavy (non-hydrogen) atoms. The average molecular weight is 297 g/mol. The molecule has 100 valence electrons. The van der Waals surface area contributed by atoms with Crippen LogP contribution in [0.4, 0.5) is 0 Å². The molecule has 0 bridgehead atoms. The molecule has 1 aromatic carbocycles. The van der Waals surface area contributed by atoms with E-state index in [0.717, 1.165) is 19.3 Å². The fourth-order valence-electron chi connectivity index (χ4n) is 2.36. The van der Waals surface area contributed by atoms with Crippen molar-refractivity contribution < 1.29 is 4.79 Å². The van der Waals surface area contributed by atoms with Gasteiger partial charge >= 0.3 is 0 Å². The average Bonchev–Trinajstić information content (AvgIpc) is 2.63. The summed E-state index contributed by atoms with van der Waals surface area (Å²) in [4.78, 5) is 13.9. The van der Waals surface area contributed by atoms with Gasteiger partial charge in [0.2, 0.25) is 0 Å². The standard InChI is InChI=1S/C14H14Cl2N2O/c1-2-3-4-5-18-12(8-17)13-10(14(18)19)6-9(15)7-11(13)16/h6-7,12H,2-5H2,1H3. The molecule has 0 fully saturated rings. The summed E-state index contributed by atoms with van der Waals surface area (Å²) >= 11 is 12.0. The van der Waals surface area contributed by atoms with Gasteiger partial charge in [-0.25, -0.2) is 0 Å². The van der Waals surface area contributed by atoms with E-state index < -0.39 is 6.04 Å². The predicted molar refractivity (Wildman–Crippen MR) is 75.4 cm³/mol. The number of fused-ring (bicyclic) bond motifs is 1. The minimum atomic E-state index is -0.593. The molecule has 1 amide bonds. The molecule has 0 saturated heterocycles. The van der Waals surface area contributed by atoms with Crippen molar-refractivity contribution in [1.82, 2.24) is 4.90 Å². The van der Waals surface area contributed by atoms with E-state index in [1.165, 1.54) is 0 Å². The van der Waals surface area contributed by atoms with Gasteiger partial charge in [0.25, 0.3) is 5.91 Å².